The number of thioether (sulfide) groups is 1. The lowest BCUT2D eigenvalue weighted by Gasteiger charge is -2.33. The number of carbonyl (C=O) groups is 1. The highest BCUT2D eigenvalue weighted by atomic mass is 32.2. The summed E-state index contributed by atoms with van der Waals surface area (Å²) in [7, 11) is 5.47. The van der Waals surface area contributed by atoms with Gasteiger partial charge in [-0.05, 0) is 26.3 Å². The molecule has 1 saturated heterocycles. The van der Waals surface area contributed by atoms with Crippen LogP contribution in [-0.4, -0.2) is 79.3 Å². The van der Waals surface area contributed by atoms with E-state index in [4.69, 9.17) is 17.0 Å². The molecule has 0 aromatic carbocycles. The molecule has 1 N–H and O–H groups in total. The molecule has 1 heterocycles. The molecule has 5 nitrogen and oxygen atoms in total. The second-order valence-electron chi connectivity index (χ2n) is 4.36. The molecule has 1 fully saturated rings. The molecule has 0 saturated carbocycles. The van der Waals surface area contributed by atoms with Crippen molar-refractivity contribution in [1.29, 1.82) is 0 Å². The van der Waals surface area contributed by atoms with Crippen molar-refractivity contribution in [2.45, 2.75) is 5.25 Å². The summed E-state index contributed by atoms with van der Waals surface area (Å²) in [5.74, 6) is 0.732. The van der Waals surface area contributed by atoms with Gasteiger partial charge in [-0.15, -0.1) is 11.8 Å². The minimum Gasteiger partial charge on any atom is -0.468 e. The molecule has 0 aromatic heterocycles. The Hall–Kier alpha value is -0.530. The van der Waals surface area contributed by atoms with Crippen molar-refractivity contribution in [1.82, 2.24) is 15.1 Å². The number of hydrogen-bond acceptors (Lipinski definition) is 5. The first-order valence-electron chi connectivity index (χ1n) is 5.91. The summed E-state index contributed by atoms with van der Waals surface area (Å²) < 4.78 is 4.77. The number of carbonyl (C=O) groups excluding carboxylic acids is 1. The molecule has 0 amide bonds. The third kappa shape index (κ3) is 4.99. The number of methoxy groups -OCH3 is 1. The number of nitrogens with one attached hydrogen (secondary N) is 1. The van der Waals surface area contributed by atoms with Gasteiger partial charge in [0.1, 0.15) is 5.25 Å². The smallest absolute Gasteiger partial charge is 0.320 e. The number of likely N-dealkylation sites (N-methyl/N-ethyl adjacent to an activating group) is 1. The molecule has 1 atom stereocenters. The van der Waals surface area contributed by atoms with E-state index in [-0.39, 0.29) is 11.2 Å². The minimum atomic E-state index is -0.166. The van der Waals surface area contributed by atoms with Gasteiger partial charge in [-0.1, -0.05) is 0 Å². The number of ether oxygens (including phenoxy) is 1. The Balaban J connectivity index is 2.36. The standard InChI is InChI=1S/C11H21N3O2S2/c1-13(2)5-4-12-11(17)14-6-7-18-9(8-14)10(15)16-3/h9H,4-8H2,1-3H3,(H,12,17)/t9-/m1/s1. The SMILES string of the molecule is COC(=O)[C@H]1CN(C(=S)NCCN(C)C)CCS1. The minimum absolute atomic E-state index is 0.127. The van der Waals surface area contributed by atoms with Crippen molar-refractivity contribution >= 4 is 35.1 Å². The van der Waals surface area contributed by atoms with E-state index in [1.807, 2.05) is 19.0 Å². The molecule has 1 rings (SSSR count). The first kappa shape index (κ1) is 15.5. The molecule has 0 aliphatic carbocycles. The van der Waals surface area contributed by atoms with Gasteiger partial charge in [0.25, 0.3) is 0 Å². The van der Waals surface area contributed by atoms with Crippen LogP contribution in [-0.2, 0) is 9.53 Å². The van der Waals surface area contributed by atoms with Crippen LogP contribution in [0.5, 0.6) is 0 Å². The van der Waals surface area contributed by atoms with Gasteiger partial charge in [-0.2, -0.15) is 0 Å². The van der Waals surface area contributed by atoms with Crippen LogP contribution in [0.25, 0.3) is 0 Å². The summed E-state index contributed by atoms with van der Waals surface area (Å²) in [6.07, 6.45) is 0. The average Bonchev–Trinajstić information content (AvgIpc) is 2.37. The van der Waals surface area contributed by atoms with E-state index >= 15 is 0 Å². The maximum absolute atomic E-state index is 11.5. The summed E-state index contributed by atoms with van der Waals surface area (Å²) in [5.41, 5.74) is 0. The van der Waals surface area contributed by atoms with Crippen LogP contribution in [0.15, 0.2) is 0 Å². The van der Waals surface area contributed by atoms with Crippen molar-refractivity contribution in [2.24, 2.45) is 0 Å². The van der Waals surface area contributed by atoms with Crippen LogP contribution in [0.2, 0.25) is 0 Å². The van der Waals surface area contributed by atoms with Crippen LogP contribution < -0.4 is 5.32 Å². The molecule has 1 aliphatic heterocycles. The molecular formula is C11H21N3O2S2. The van der Waals surface area contributed by atoms with Crippen LogP contribution in [0, 0.1) is 0 Å². The Kier molecular flexibility index (Phi) is 6.73. The van der Waals surface area contributed by atoms with Crippen LogP contribution in [0.1, 0.15) is 0 Å². The average molecular weight is 291 g/mol. The highest BCUT2D eigenvalue weighted by Crippen LogP contribution is 2.19. The molecule has 104 valence electrons. The van der Waals surface area contributed by atoms with E-state index in [9.17, 15) is 4.79 Å². The van der Waals surface area contributed by atoms with Gasteiger partial charge in [-0.25, -0.2) is 0 Å². The number of thiocarbonyl (C=S) groups is 1. The maximum Gasteiger partial charge on any atom is 0.320 e. The summed E-state index contributed by atoms with van der Waals surface area (Å²) in [6.45, 7) is 3.26. The summed E-state index contributed by atoms with van der Waals surface area (Å²) in [4.78, 5) is 15.6. The fourth-order valence-electron chi connectivity index (χ4n) is 1.61. The van der Waals surface area contributed by atoms with E-state index in [2.05, 4.69) is 10.2 Å². The van der Waals surface area contributed by atoms with Gasteiger partial charge in [0, 0.05) is 31.9 Å². The van der Waals surface area contributed by atoms with Gasteiger partial charge < -0.3 is 19.9 Å². The largest absolute Gasteiger partial charge is 0.468 e. The van der Waals surface area contributed by atoms with E-state index in [1.165, 1.54) is 7.11 Å². The highest BCUT2D eigenvalue weighted by Gasteiger charge is 2.28. The van der Waals surface area contributed by atoms with Gasteiger partial charge in [-0.3, -0.25) is 4.79 Å². The number of nitrogens with zero attached hydrogens (tertiary/aromatic N) is 2. The van der Waals surface area contributed by atoms with Gasteiger partial charge in [0.2, 0.25) is 0 Å². The first-order valence-corrected chi connectivity index (χ1v) is 7.37. The first-order chi connectivity index (χ1) is 8.54. The zero-order chi connectivity index (χ0) is 13.5. The molecule has 0 radical (unpaired) electrons. The molecule has 1 aliphatic rings. The lowest BCUT2D eigenvalue weighted by molar-refractivity contribution is -0.140. The lowest BCUT2D eigenvalue weighted by atomic mass is 10.3. The summed E-state index contributed by atoms with van der Waals surface area (Å²) >= 11 is 6.97. The zero-order valence-corrected chi connectivity index (χ0v) is 12.8. The number of rotatable bonds is 4. The molecule has 7 heteroatoms. The third-order valence-electron chi connectivity index (χ3n) is 2.65. The Morgan fingerprint density at radius 3 is 2.94 bits per heavy atom. The second-order valence-corrected chi connectivity index (χ2v) is 6.06. The van der Waals surface area contributed by atoms with Gasteiger partial charge in [0.05, 0.1) is 7.11 Å². The maximum atomic E-state index is 11.5. The summed E-state index contributed by atoms with van der Waals surface area (Å²) in [6, 6.07) is 0. The molecule has 18 heavy (non-hydrogen) atoms. The third-order valence-corrected chi connectivity index (χ3v) is 4.22. The Morgan fingerprint density at radius 1 is 1.61 bits per heavy atom. The van der Waals surface area contributed by atoms with E-state index in [0.717, 1.165) is 30.5 Å². The molecule has 0 aromatic rings. The fourth-order valence-corrected chi connectivity index (χ4v) is 3.00. The van der Waals surface area contributed by atoms with Crippen molar-refractivity contribution in [3.8, 4) is 0 Å². The van der Waals surface area contributed by atoms with E-state index in [1.54, 1.807) is 11.8 Å². The quantitative estimate of drug-likeness (QED) is 0.578. The Morgan fingerprint density at radius 2 is 2.33 bits per heavy atom. The van der Waals surface area contributed by atoms with Crippen molar-refractivity contribution in [3.63, 3.8) is 0 Å². The monoisotopic (exact) mass is 291 g/mol. The van der Waals surface area contributed by atoms with Crippen LogP contribution in [0.3, 0.4) is 0 Å². The van der Waals surface area contributed by atoms with Gasteiger partial charge in [0.15, 0.2) is 5.11 Å². The Bertz CT molecular complexity index is 300. The molecular weight excluding hydrogens is 270 g/mol. The van der Waals surface area contributed by atoms with E-state index < -0.39 is 0 Å². The van der Waals surface area contributed by atoms with Crippen LogP contribution >= 0.6 is 24.0 Å². The normalized spacial score (nSPS) is 19.8. The second kappa shape index (κ2) is 7.81. The van der Waals surface area contributed by atoms with E-state index in [0.29, 0.717) is 6.54 Å². The predicted octanol–water partition coefficient (Wildman–Crippen LogP) is 0.0129. The van der Waals surface area contributed by atoms with Crippen molar-refractivity contribution in [3.05, 3.63) is 0 Å². The predicted molar refractivity (Wildman–Crippen MR) is 79.0 cm³/mol. The molecule has 0 unspecified atom stereocenters. The molecule has 0 bridgehead atoms. The van der Waals surface area contributed by atoms with Crippen molar-refractivity contribution < 1.29 is 9.53 Å². The topological polar surface area (TPSA) is 44.8 Å². The number of esters is 1. The summed E-state index contributed by atoms with van der Waals surface area (Å²) in [5, 5.41) is 3.82. The highest BCUT2D eigenvalue weighted by molar-refractivity contribution is 8.00. The van der Waals surface area contributed by atoms with Crippen molar-refractivity contribution in [2.75, 3.05) is 53.1 Å². The number of hydrogen-bond donors (Lipinski definition) is 1. The van der Waals surface area contributed by atoms with Gasteiger partial charge >= 0.3 is 5.97 Å². The molecule has 0 spiro atoms. The fraction of sp³-hybridized carbons (Fsp3) is 0.818. The Labute approximate surface area is 118 Å². The lowest BCUT2D eigenvalue weighted by Crippen LogP contribution is -2.49. The van der Waals surface area contributed by atoms with Crippen LogP contribution in [0.4, 0.5) is 0 Å². The zero-order valence-electron chi connectivity index (χ0n) is 11.1.